The molecule has 0 atom stereocenters. The largest absolute Gasteiger partial charge is 0.495 e. The molecule has 136 valence electrons. The van der Waals surface area contributed by atoms with E-state index in [0.717, 1.165) is 11.6 Å². The first-order chi connectivity index (χ1) is 12.4. The molecular weight excluding hydrogens is 338 g/mol. The van der Waals surface area contributed by atoms with Crippen LogP contribution in [-0.4, -0.2) is 30.4 Å². The lowest BCUT2D eigenvalue weighted by Gasteiger charge is -2.21. The number of carbonyl (C=O) groups is 2. The van der Waals surface area contributed by atoms with Gasteiger partial charge in [0.05, 0.1) is 17.7 Å². The Balaban J connectivity index is 2.27. The summed E-state index contributed by atoms with van der Waals surface area (Å²) in [5.41, 5.74) is 1.38. The molecule has 0 aliphatic carbocycles. The molecule has 0 unspecified atom stereocenters. The third-order valence-corrected chi connectivity index (χ3v) is 3.71. The topological polar surface area (TPSA) is 102 Å². The maximum atomic E-state index is 12.5. The minimum absolute atomic E-state index is 0.0559. The maximum Gasteiger partial charge on any atom is 0.316 e. The quantitative estimate of drug-likeness (QED) is 0.504. The van der Waals surface area contributed by atoms with E-state index in [1.165, 1.54) is 24.1 Å². The fraction of sp³-hybridized carbons (Fsp3) is 0.222. The van der Waals surface area contributed by atoms with Gasteiger partial charge in [0.1, 0.15) is 5.75 Å². The molecule has 0 saturated carbocycles. The number of non-ortho nitro benzene ring substituents is 1. The van der Waals surface area contributed by atoms with E-state index < -0.39 is 16.7 Å². The van der Waals surface area contributed by atoms with Crippen molar-refractivity contribution in [3.8, 4) is 5.75 Å². The number of likely N-dealkylation sites (N-methyl/N-ethyl adjacent to an activating group) is 1. The van der Waals surface area contributed by atoms with Gasteiger partial charge in [-0.25, -0.2) is 0 Å². The van der Waals surface area contributed by atoms with Crippen LogP contribution in [0, 0.1) is 17.0 Å². The van der Waals surface area contributed by atoms with Crippen molar-refractivity contribution in [1.29, 1.82) is 0 Å². The van der Waals surface area contributed by atoms with Crippen LogP contribution in [-0.2, 0) is 9.59 Å². The normalized spacial score (nSPS) is 10.1. The number of rotatable bonds is 5. The molecule has 0 aromatic heterocycles. The summed E-state index contributed by atoms with van der Waals surface area (Å²) in [6, 6.07) is 11.0. The van der Waals surface area contributed by atoms with Crippen molar-refractivity contribution < 1.29 is 19.2 Å². The molecule has 0 aliphatic heterocycles. The number of amides is 2. The molecule has 26 heavy (non-hydrogen) atoms. The number of ether oxygens (including phenoxy) is 1. The molecule has 1 N–H and O–H groups in total. The fourth-order valence-corrected chi connectivity index (χ4v) is 2.44. The van der Waals surface area contributed by atoms with E-state index >= 15 is 0 Å². The second-order valence-electron chi connectivity index (χ2n) is 5.48. The Labute approximate surface area is 150 Å². The summed E-state index contributed by atoms with van der Waals surface area (Å²) in [4.78, 5) is 36.6. The second kappa shape index (κ2) is 8.11. The first-order valence-corrected chi connectivity index (χ1v) is 7.89. The van der Waals surface area contributed by atoms with Gasteiger partial charge in [-0.15, -0.1) is 0 Å². The van der Waals surface area contributed by atoms with Crippen molar-refractivity contribution in [2.75, 3.05) is 23.9 Å². The third-order valence-electron chi connectivity index (χ3n) is 3.71. The molecular formula is C18H19N3O5. The number of methoxy groups -OCH3 is 1. The van der Waals surface area contributed by atoms with Gasteiger partial charge in [-0.3, -0.25) is 19.7 Å². The summed E-state index contributed by atoms with van der Waals surface area (Å²) < 4.78 is 5.09. The van der Waals surface area contributed by atoms with Crippen LogP contribution < -0.4 is 15.0 Å². The van der Waals surface area contributed by atoms with Crippen LogP contribution in [0.1, 0.15) is 12.5 Å². The average molecular weight is 357 g/mol. The minimum Gasteiger partial charge on any atom is -0.495 e. The van der Waals surface area contributed by atoms with Gasteiger partial charge >= 0.3 is 11.8 Å². The lowest BCUT2D eigenvalue weighted by Crippen LogP contribution is -2.39. The van der Waals surface area contributed by atoms with E-state index in [2.05, 4.69) is 5.32 Å². The number of nitrogens with zero attached hydrogens (tertiary/aromatic N) is 2. The third kappa shape index (κ3) is 4.15. The number of carbonyl (C=O) groups excluding carboxylic acids is 2. The lowest BCUT2D eigenvalue weighted by atomic mass is 10.2. The predicted molar refractivity (Wildman–Crippen MR) is 97.5 cm³/mol. The van der Waals surface area contributed by atoms with Gasteiger partial charge in [-0.2, -0.15) is 0 Å². The van der Waals surface area contributed by atoms with Crippen molar-refractivity contribution in [2.45, 2.75) is 13.8 Å². The maximum absolute atomic E-state index is 12.5. The van der Waals surface area contributed by atoms with Crippen LogP contribution in [0.2, 0.25) is 0 Å². The highest BCUT2D eigenvalue weighted by atomic mass is 16.6. The number of benzene rings is 2. The molecule has 0 heterocycles. The van der Waals surface area contributed by atoms with E-state index in [1.807, 2.05) is 13.0 Å². The molecule has 2 rings (SSSR count). The monoisotopic (exact) mass is 357 g/mol. The standard InChI is InChI=1S/C18H19N3O5/c1-4-20(13-7-5-6-12(2)10-13)18(23)17(22)19-15-11-14(21(24)25)8-9-16(15)26-3/h5-11H,4H2,1-3H3,(H,19,22). The van der Waals surface area contributed by atoms with Crippen molar-refractivity contribution in [2.24, 2.45) is 0 Å². The number of hydrogen-bond acceptors (Lipinski definition) is 5. The van der Waals surface area contributed by atoms with E-state index in [-0.39, 0.29) is 17.1 Å². The SMILES string of the molecule is CCN(C(=O)C(=O)Nc1cc([N+](=O)[O-])ccc1OC)c1cccc(C)c1. The molecule has 8 nitrogen and oxygen atoms in total. The van der Waals surface area contributed by atoms with Crippen LogP contribution in [0.25, 0.3) is 0 Å². The van der Waals surface area contributed by atoms with Gasteiger partial charge in [0.15, 0.2) is 0 Å². The summed E-state index contributed by atoms with van der Waals surface area (Å²) >= 11 is 0. The molecule has 0 saturated heterocycles. The van der Waals surface area contributed by atoms with E-state index in [4.69, 9.17) is 4.74 Å². The number of nitro groups is 1. The zero-order chi connectivity index (χ0) is 19.3. The van der Waals surface area contributed by atoms with E-state index in [1.54, 1.807) is 25.1 Å². The van der Waals surface area contributed by atoms with E-state index in [9.17, 15) is 19.7 Å². The van der Waals surface area contributed by atoms with Gasteiger partial charge in [0.2, 0.25) is 0 Å². The zero-order valence-corrected chi connectivity index (χ0v) is 14.7. The van der Waals surface area contributed by atoms with Crippen LogP contribution in [0.5, 0.6) is 5.75 Å². The molecule has 0 radical (unpaired) electrons. The first kappa shape index (κ1) is 18.9. The Bertz CT molecular complexity index is 850. The average Bonchev–Trinajstić information content (AvgIpc) is 2.62. The second-order valence-corrected chi connectivity index (χ2v) is 5.48. The molecule has 2 amide bonds. The summed E-state index contributed by atoms with van der Waals surface area (Å²) in [5.74, 6) is -1.46. The number of hydrogen-bond donors (Lipinski definition) is 1. The van der Waals surface area contributed by atoms with Crippen LogP contribution in [0.3, 0.4) is 0 Å². The Morgan fingerprint density at radius 1 is 1.23 bits per heavy atom. The Kier molecular flexibility index (Phi) is 5.90. The molecule has 0 bridgehead atoms. The van der Waals surface area contributed by atoms with Crippen molar-refractivity contribution in [3.63, 3.8) is 0 Å². The summed E-state index contributed by atoms with van der Waals surface area (Å²) in [6.07, 6.45) is 0. The predicted octanol–water partition coefficient (Wildman–Crippen LogP) is 2.90. The smallest absolute Gasteiger partial charge is 0.316 e. The highest BCUT2D eigenvalue weighted by Gasteiger charge is 2.24. The summed E-state index contributed by atoms with van der Waals surface area (Å²) in [6.45, 7) is 3.93. The number of aryl methyl sites for hydroxylation is 1. The Hall–Kier alpha value is -3.42. The van der Waals surface area contributed by atoms with Crippen LogP contribution in [0.15, 0.2) is 42.5 Å². The van der Waals surface area contributed by atoms with Gasteiger partial charge in [0.25, 0.3) is 5.69 Å². The summed E-state index contributed by atoms with van der Waals surface area (Å²) in [7, 11) is 1.36. The molecule has 8 heteroatoms. The summed E-state index contributed by atoms with van der Waals surface area (Å²) in [5, 5.41) is 13.3. The van der Waals surface area contributed by atoms with E-state index in [0.29, 0.717) is 12.2 Å². The van der Waals surface area contributed by atoms with Gasteiger partial charge < -0.3 is 15.0 Å². The van der Waals surface area contributed by atoms with Crippen LogP contribution in [0.4, 0.5) is 17.1 Å². The van der Waals surface area contributed by atoms with Gasteiger partial charge in [-0.05, 0) is 37.6 Å². The van der Waals surface area contributed by atoms with Crippen molar-refractivity contribution in [1.82, 2.24) is 0 Å². The Morgan fingerprint density at radius 2 is 1.96 bits per heavy atom. The van der Waals surface area contributed by atoms with Gasteiger partial charge in [0, 0.05) is 24.4 Å². The first-order valence-electron chi connectivity index (χ1n) is 7.89. The van der Waals surface area contributed by atoms with Crippen molar-refractivity contribution >= 4 is 28.9 Å². The van der Waals surface area contributed by atoms with Gasteiger partial charge in [-0.1, -0.05) is 12.1 Å². The highest BCUT2D eigenvalue weighted by molar-refractivity contribution is 6.44. The molecule has 0 fully saturated rings. The molecule has 0 spiro atoms. The van der Waals surface area contributed by atoms with Crippen molar-refractivity contribution in [3.05, 3.63) is 58.1 Å². The minimum atomic E-state index is -0.910. The highest BCUT2D eigenvalue weighted by Crippen LogP contribution is 2.29. The molecule has 2 aromatic carbocycles. The Morgan fingerprint density at radius 3 is 2.54 bits per heavy atom. The number of anilines is 2. The fourth-order valence-electron chi connectivity index (χ4n) is 2.44. The zero-order valence-electron chi connectivity index (χ0n) is 14.7. The number of nitro benzene ring substituents is 1. The molecule has 2 aromatic rings. The molecule has 0 aliphatic rings. The lowest BCUT2D eigenvalue weighted by molar-refractivity contribution is -0.384. The van der Waals surface area contributed by atoms with Crippen LogP contribution >= 0.6 is 0 Å². The number of nitrogens with one attached hydrogen (secondary N) is 1.